The lowest BCUT2D eigenvalue weighted by atomic mass is 10.00. The molecule has 0 aromatic heterocycles. The van der Waals surface area contributed by atoms with Crippen molar-refractivity contribution in [3.05, 3.63) is 29.8 Å². The quantitative estimate of drug-likeness (QED) is 0.207. The van der Waals surface area contributed by atoms with E-state index in [1.54, 1.807) is 58.9 Å². The van der Waals surface area contributed by atoms with Crippen LogP contribution in [-0.4, -0.2) is 98.2 Å². The largest absolute Gasteiger partial charge is 0.481 e. The summed E-state index contributed by atoms with van der Waals surface area (Å²) in [5, 5.41) is 14.3. The van der Waals surface area contributed by atoms with Crippen LogP contribution in [0.25, 0.3) is 0 Å². The van der Waals surface area contributed by atoms with Gasteiger partial charge in [0, 0.05) is 6.54 Å². The molecule has 3 rings (SSSR count). The van der Waals surface area contributed by atoms with Gasteiger partial charge in [-0.05, 0) is 71.1 Å². The van der Waals surface area contributed by atoms with Crippen molar-refractivity contribution in [1.29, 1.82) is 0 Å². The average molecular weight is 673 g/mol. The molecule has 0 unspecified atom stereocenters. The van der Waals surface area contributed by atoms with Crippen LogP contribution in [-0.2, 0) is 39.0 Å². The van der Waals surface area contributed by atoms with Crippen molar-refractivity contribution in [3.8, 4) is 5.75 Å². The molecule has 2 heterocycles. The average Bonchev–Trinajstić information content (AvgIpc) is 3.60. The molecule has 2 aliphatic rings. The first kappa shape index (κ1) is 38.0. The Morgan fingerprint density at radius 2 is 1.76 bits per heavy atom. The molecule has 0 saturated carbocycles. The minimum absolute atomic E-state index is 0.0411. The first-order valence-corrected chi connectivity index (χ1v) is 17.9. The fourth-order valence-electron chi connectivity index (χ4n) is 5.20. The molecule has 2 aliphatic heterocycles. The number of fused-ring (bicyclic) bond motifs is 1. The van der Waals surface area contributed by atoms with Gasteiger partial charge in [-0.3, -0.25) is 4.57 Å². The fraction of sp³-hybridized carbons (Fsp3) is 0.750. The second-order valence-corrected chi connectivity index (χ2v) is 14.8. The molecule has 6 atom stereocenters. The number of aliphatic hydroxyl groups is 1. The zero-order valence-electron chi connectivity index (χ0n) is 28.3. The van der Waals surface area contributed by atoms with Gasteiger partial charge < -0.3 is 48.1 Å². The van der Waals surface area contributed by atoms with E-state index in [1.807, 2.05) is 13.8 Å². The number of carbonyl (C=O) groups excluding carboxylic acids is 2. The summed E-state index contributed by atoms with van der Waals surface area (Å²) in [6.07, 6.45) is -1.70. The van der Waals surface area contributed by atoms with Gasteiger partial charge in [0.25, 0.3) is 0 Å². The summed E-state index contributed by atoms with van der Waals surface area (Å²) in [6, 6.07) is 6.14. The molecule has 2 fully saturated rings. The molecule has 2 saturated heterocycles. The number of nitrogens with zero attached hydrogens (tertiary/aromatic N) is 1. The van der Waals surface area contributed by atoms with Crippen molar-refractivity contribution in [1.82, 2.24) is 10.2 Å². The highest BCUT2D eigenvalue weighted by Gasteiger charge is 2.44. The smallest absolute Gasteiger partial charge is 0.410 e. The van der Waals surface area contributed by atoms with Crippen LogP contribution in [0.2, 0.25) is 0 Å². The number of ether oxygens (including phenoxy) is 5. The number of amides is 2. The topological polar surface area (TPSA) is 151 Å². The van der Waals surface area contributed by atoms with Crippen LogP contribution < -0.4 is 10.1 Å². The minimum atomic E-state index is -3.39. The molecule has 1 aromatic rings. The van der Waals surface area contributed by atoms with Crippen molar-refractivity contribution >= 4 is 19.8 Å². The molecule has 1 aromatic carbocycles. The van der Waals surface area contributed by atoms with Crippen LogP contribution >= 0.6 is 7.60 Å². The Morgan fingerprint density at radius 1 is 1.09 bits per heavy atom. The van der Waals surface area contributed by atoms with Gasteiger partial charge in [-0.1, -0.05) is 32.4 Å². The van der Waals surface area contributed by atoms with Crippen LogP contribution in [0.3, 0.4) is 0 Å². The number of hydrogen-bond donors (Lipinski definition) is 2. The second kappa shape index (κ2) is 17.7. The van der Waals surface area contributed by atoms with Gasteiger partial charge in [0.15, 0.2) is 12.6 Å². The van der Waals surface area contributed by atoms with E-state index in [0.717, 1.165) is 18.4 Å². The molecule has 0 spiro atoms. The highest BCUT2D eigenvalue weighted by molar-refractivity contribution is 7.53. The molecular formula is C32H53N2O11P. The minimum Gasteiger partial charge on any atom is -0.481 e. The Balaban J connectivity index is 1.74. The van der Waals surface area contributed by atoms with Gasteiger partial charge in [-0.2, -0.15) is 0 Å². The van der Waals surface area contributed by atoms with E-state index < -0.39 is 43.6 Å². The number of benzene rings is 1. The SMILES string of the molecule is CCOP(=O)(COc1ccc(C[C@@H](NC(=O)O[C@H]2CO[C@H]3OCC[C@H]32)[C@H](O)CN(C[C@@H](C)CC)C(=O)OC(C)(C)C)cc1)OCC. The van der Waals surface area contributed by atoms with Crippen molar-refractivity contribution < 1.29 is 52.0 Å². The Hall–Kier alpha value is -2.41. The molecular weight excluding hydrogens is 619 g/mol. The Labute approximate surface area is 273 Å². The van der Waals surface area contributed by atoms with Crippen LogP contribution in [0, 0.1) is 11.8 Å². The summed E-state index contributed by atoms with van der Waals surface area (Å²) in [5.74, 6) is 0.570. The predicted octanol–water partition coefficient (Wildman–Crippen LogP) is 5.33. The highest BCUT2D eigenvalue weighted by Crippen LogP contribution is 2.47. The molecule has 0 aliphatic carbocycles. The maximum atomic E-state index is 13.1. The molecule has 46 heavy (non-hydrogen) atoms. The summed E-state index contributed by atoms with van der Waals surface area (Å²) in [5.41, 5.74) is 0.0549. The van der Waals surface area contributed by atoms with Gasteiger partial charge in [0.05, 0.1) is 51.0 Å². The van der Waals surface area contributed by atoms with Crippen molar-refractivity contribution in [3.63, 3.8) is 0 Å². The van der Waals surface area contributed by atoms with Crippen LogP contribution in [0.15, 0.2) is 24.3 Å². The molecule has 0 bridgehead atoms. The lowest BCUT2D eigenvalue weighted by Gasteiger charge is -2.33. The monoisotopic (exact) mass is 672 g/mol. The van der Waals surface area contributed by atoms with Crippen molar-refractivity contribution in [2.75, 3.05) is 45.9 Å². The second-order valence-electron chi connectivity index (χ2n) is 12.8. The van der Waals surface area contributed by atoms with Crippen molar-refractivity contribution in [2.24, 2.45) is 11.8 Å². The van der Waals surface area contributed by atoms with Gasteiger partial charge in [-0.25, -0.2) is 9.59 Å². The highest BCUT2D eigenvalue weighted by atomic mass is 31.2. The Morgan fingerprint density at radius 3 is 2.37 bits per heavy atom. The summed E-state index contributed by atoms with van der Waals surface area (Å²) < 4.78 is 51.5. The van der Waals surface area contributed by atoms with Gasteiger partial charge in [0.2, 0.25) is 0 Å². The summed E-state index contributed by atoms with van der Waals surface area (Å²) in [4.78, 5) is 27.8. The standard InChI is InChI=1S/C32H53N2O11P/c1-8-22(4)18-34(31(37)45-32(5,6)7)19-27(35)26(33-30(36)44-28-20-40-29-25(28)15-16-39-29)17-23-11-13-24(14-12-23)41-21-46(38,42-9-2)43-10-3/h11-14,22,25-29,35H,8-10,15-21H2,1-7H3,(H,33,36)/t22-,25-,26+,27+,28-,29+/m0/s1. The number of nitrogens with one attached hydrogen (secondary N) is 1. The number of carbonyl (C=O) groups is 2. The normalized spacial score (nSPS) is 21.6. The number of rotatable bonds is 17. The van der Waals surface area contributed by atoms with E-state index in [4.69, 9.17) is 32.7 Å². The van der Waals surface area contributed by atoms with E-state index in [9.17, 15) is 19.3 Å². The molecule has 2 N–H and O–H groups in total. The predicted molar refractivity (Wildman–Crippen MR) is 171 cm³/mol. The third-order valence-corrected chi connectivity index (χ3v) is 9.47. The number of aliphatic hydroxyl groups excluding tert-OH is 1. The maximum Gasteiger partial charge on any atom is 0.410 e. The Kier molecular flexibility index (Phi) is 14.6. The third-order valence-electron chi connectivity index (χ3n) is 7.72. The van der Waals surface area contributed by atoms with Gasteiger partial charge in [-0.15, -0.1) is 0 Å². The first-order valence-electron chi connectivity index (χ1n) is 16.2. The van der Waals surface area contributed by atoms with Crippen molar-refractivity contribution in [2.45, 2.75) is 97.9 Å². The number of alkyl carbamates (subject to hydrolysis) is 1. The maximum absolute atomic E-state index is 13.1. The van der Waals surface area contributed by atoms with Gasteiger partial charge in [0.1, 0.15) is 17.5 Å². The van der Waals surface area contributed by atoms with Gasteiger partial charge >= 0.3 is 19.8 Å². The first-order chi connectivity index (χ1) is 21.8. The van der Waals surface area contributed by atoms with E-state index in [0.29, 0.717) is 18.9 Å². The molecule has 262 valence electrons. The fourth-order valence-corrected chi connectivity index (χ4v) is 6.51. The Bertz CT molecular complexity index is 1140. The van der Waals surface area contributed by atoms with E-state index >= 15 is 0 Å². The molecule has 13 nitrogen and oxygen atoms in total. The van der Waals surface area contributed by atoms with Crippen LogP contribution in [0.5, 0.6) is 5.75 Å². The van der Waals surface area contributed by atoms with Crippen LogP contribution in [0.4, 0.5) is 9.59 Å². The summed E-state index contributed by atoms with van der Waals surface area (Å²) in [7, 11) is -3.39. The molecule has 14 heteroatoms. The molecule has 2 amide bonds. The van der Waals surface area contributed by atoms with E-state index in [-0.39, 0.29) is 57.3 Å². The third kappa shape index (κ3) is 12.0. The summed E-state index contributed by atoms with van der Waals surface area (Å²) in [6.45, 7) is 14.4. The van der Waals surface area contributed by atoms with E-state index in [1.165, 1.54) is 4.90 Å². The zero-order chi connectivity index (χ0) is 33.9. The molecule has 0 radical (unpaired) electrons. The summed E-state index contributed by atoms with van der Waals surface area (Å²) >= 11 is 0. The zero-order valence-corrected chi connectivity index (χ0v) is 29.2. The lowest BCUT2D eigenvalue weighted by molar-refractivity contribution is -0.0907. The number of hydrogen-bond acceptors (Lipinski definition) is 11. The van der Waals surface area contributed by atoms with E-state index in [2.05, 4.69) is 5.32 Å². The lowest BCUT2D eigenvalue weighted by Crippen LogP contribution is -2.52. The van der Waals surface area contributed by atoms with Crippen LogP contribution in [0.1, 0.15) is 66.9 Å².